The van der Waals surface area contributed by atoms with Crippen LogP contribution in [0.3, 0.4) is 0 Å². The van der Waals surface area contributed by atoms with Gasteiger partial charge in [-0.3, -0.25) is 9.69 Å². The minimum atomic E-state index is -0.445. The molecule has 0 aromatic rings. The van der Waals surface area contributed by atoms with Gasteiger partial charge < -0.3 is 9.47 Å². The number of carbonyl (C=O) groups is 1. The third-order valence-corrected chi connectivity index (χ3v) is 5.77. The van der Waals surface area contributed by atoms with E-state index in [1.807, 2.05) is 4.90 Å². The van der Waals surface area contributed by atoms with Crippen LogP contribution in [0.2, 0.25) is 0 Å². The summed E-state index contributed by atoms with van der Waals surface area (Å²) in [5.74, 6) is 1.70. The number of hydrogen-bond acceptors (Lipinski definition) is 4. The number of aliphatic imine (C=N–C) groups is 1. The first kappa shape index (κ1) is 13.6. The van der Waals surface area contributed by atoms with Crippen LogP contribution in [-0.2, 0) is 14.3 Å². The zero-order chi connectivity index (χ0) is 15.0. The van der Waals surface area contributed by atoms with E-state index in [-0.39, 0.29) is 23.6 Å². The van der Waals surface area contributed by atoms with Crippen LogP contribution in [0.5, 0.6) is 0 Å². The summed E-state index contributed by atoms with van der Waals surface area (Å²) in [4.78, 5) is 19.7. The van der Waals surface area contributed by atoms with Gasteiger partial charge in [0.2, 0.25) is 5.90 Å². The Bertz CT molecular complexity index is 524. The highest BCUT2D eigenvalue weighted by Gasteiger charge is 2.70. The second-order valence-corrected chi connectivity index (χ2v) is 7.95. The molecule has 0 aromatic heterocycles. The van der Waals surface area contributed by atoms with Crippen LogP contribution >= 0.6 is 0 Å². The van der Waals surface area contributed by atoms with E-state index < -0.39 is 5.54 Å². The van der Waals surface area contributed by atoms with Crippen molar-refractivity contribution in [3.63, 3.8) is 0 Å². The Morgan fingerprint density at radius 2 is 2.14 bits per heavy atom. The van der Waals surface area contributed by atoms with E-state index in [9.17, 15) is 4.79 Å². The van der Waals surface area contributed by atoms with Gasteiger partial charge in [-0.25, -0.2) is 4.99 Å². The van der Waals surface area contributed by atoms with Crippen molar-refractivity contribution in [1.29, 1.82) is 0 Å². The minimum Gasteiger partial charge on any atom is -0.483 e. The second-order valence-electron chi connectivity index (χ2n) is 7.95. The van der Waals surface area contributed by atoms with Gasteiger partial charge in [0, 0.05) is 5.41 Å². The Hall–Kier alpha value is -1.10. The monoisotopic (exact) mass is 292 g/mol. The van der Waals surface area contributed by atoms with E-state index in [0.717, 1.165) is 18.7 Å². The molecule has 1 aliphatic carbocycles. The topological polar surface area (TPSA) is 51.1 Å². The molecule has 4 aliphatic heterocycles. The molecular formula is C16H24N2O3. The van der Waals surface area contributed by atoms with Crippen LogP contribution in [-0.4, -0.2) is 48.2 Å². The molecule has 4 heterocycles. The van der Waals surface area contributed by atoms with E-state index in [1.54, 1.807) is 7.11 Å². The number of rotatable bonds is 0. The smallest absolute Gasteiger partial charge is 0.250 e. The Morgan fingerprint density at radius 1 is 1.38 bits per heavy atom. The molecule has 0 radical (unpaired) electrons. The van der Waals surface area contributed by atoms with Crippen molar-refractivity contribution in [2.75, 3.05) is 13.7 Å². The van der Waals surface area contributed by atoms with E-state index in [1.165, 1.54) is 6.42 Å². The Labute approximate surface area is 125 Å². The molecule has 0 N–H and O–H groups in total. The number of nitrogens with zero attached hydrogens (tertiary/aromatic N) is 2. The van der Waals surface area contributed by atoms with Gasteiger partial charge in [-0.05, 0) is 24.7 Å². The van der Waals surface area contributed by atoms with Crippen LogP contribution in [0.15, 0.2) is 4.99 Å². The average molecular weight is 292 g/mol. The van der Waals surface area contributed by atoms with Crippen molar-refractivity contribution < 1.29 is 14.3 Å². The maximum atomic E-state index is 13.0. The predicted octanol–water partition coefficient (Wildman–Crippen LogP) is 1.81. The largest absolute Gasteiger partial charge is 0.483 e. The quantitative estimate of drug-likeness (QED) is 0.684. The molecule has 116 valence electrons. The van der Waals surface area contributed by atoms with Gasteiger partial charge in [-0.15, -0.1) is 0 Å². The SMILES string of the molecule is COC1=N[C@H]2C(=O)N3[C@@H](C(C)(C)C)OC[C@@]13C1CCCC12. The lowest BCUT2D eigenvalue weighted by Crippen LogP contribution is -2.73. The molecule has 5 atom stereocenters. The first-order valence-electron chi connectivity index (χ1n) is 7.98. The summed E-state index contributed by atoms with van der Waals surface area (Å²) in [6, 6.07) is -0.249. The van der Waals surface area contributed by atoms with E-state index in [2.05, 4.69) is 25.8 Å². The van der Waals surface area contributed by atoms with Gasteiger partial charge in [0.1, 0.15) is 17.8 Å². The number of carbonyl (C=O) groups excluding carboxylic acids is 1. The summed E-state index contributed by atoms with van der Waals surface area (Å²) < 4.78 is 11.8. The highest BCUT2D eigenvalue weighted by molar-refractivity contribution is 6.01. The molecule has 0 aromatic carbocycles. The number of hydrogen-bond donors (Lipinski definition) is 0. The second kappa shape index (κ2) is 4.00. The van der Waals surface area contributed by atoms with Crippen molar-refractivity contribution >= 4 is 11.8 Å². The van der Waals surface area contributed by atoms with Crippen LogP contribution in [0, 0.1) is 17.3 Å². The summed E-state index contributed by atoms with van der Waals surface area (Å²) in [6.45, 7) is 6.91. The fourth-order valence-corrected chi connectivity index (χ4v) is 5.02. The van der Waals surface area contributed by atoms with Crippen molar-refractivity contribution in [2.24, 2.45) is 22.2 Å². The van der Waals surface area contributed by atoms with Gasteiger partial charge in [-0.2, -0.15) is 0 Å². The molecular weight excluding hydrogens is 268 g/mol. The molecule has 5 rings (SSSR count). The number of methoxy groups -OCH3 is 1. The van der Waals surface area contributed by atoms with Gasteiger partial charge in [-0.1, -0.05) is 27.2 Å². The predicted molar refractivity (Wildman–Crippen MR) is 77.8 cm³/mol. The first-order valence-corrected chi connectivity index (χ1v) is 7.98. The third kappa shape index (κ3) is 1.46. The Morgan fingerprint density at radius 3 is 2.81 bits per heavy atom. The average Bonchev–Trinajstić information content (AvgIpc) is 3.03. The fraction of sp³-hybridized carbons (Fsp3) is 0.875. The van der Waals surface area contributed by atoms with E-state index in [4.69, 9.17) is 9.47 Å². The van der Waals surface area contributed by atoms with Crippen LogP contribution < -0.4 is 0 Å². The minimum absolute atomic E-state index is 0.108. The summed E-state index contributed by atoms with van der Waals surface area (Å²) in [6.07, 6.45) is 3.25. The molecule has 3 fully saturated rings. The summed E-state index contributed by atoms with van der Waals surface area (Å²) in [5.41, 5.74) is -0.552. The first-order chi connectivity index (χ1) is 9.91. The number of piperidine rings is 1. The maximum Gasteiger partial charge on any atom is 0.250 e. The number of amides is 1. The highest BCUT2D eigenvalue weighted by Crippen LogP contribution is 2.56. The van der Waals surface area contributed by atoms with Crippen molar-refractivity contribution in [3.8, 4) is 0 Å². The molecule has 5 heteroatoms. The van der Waals surface area contributed by atoms with E-state index >= 15 is 0 Å². The molecule has 21 heavy (non-hydrogen) atoms. The van der Waals surface area contributed by atoms with Gasteiger partial charge >= 0.3 is 0 Å². The van der Waals surface area contributed by atoms with Crippen LogP contribution in [0.1, 0.15) is 40.0 Å². The standard InChI is InChI=1S/C16H24N2O3/c1-15(2,3)14-18-12(19)11-9-6-5-7-10(9)16(18,8-21-14)13(17-11)20-4/h9-11,14H,5-8H2,1-4H3/t9?,10?,11-,14-,16-/m1/s1. The lowest BCUT2D eigenvalue weighted by molar-refractivity contribution is -0.159. The Kier molecular flexibility index (Phi) is 2.58. The zero-order valence-electron chi connectivity index (χ0n) is 13.3. The summed E-state index contributed by atoms with van der Waals surface area (Å²) >= 11 is 0. The van der Waals surface area contributed by atoms with Crippen molar-refractivity contribution in [2.45, 2.75) is 57.8 Å². The van der Waals surface area contributed by atoms with Crippen molar-refractivity contribution in [3.05, 3.63) is 0 Å². The highest BCUT2D eigenvalue weighted by atomic mass is 16.5. The van der Waals surface area contributed by atoms with Crippen LogP contribution in [0.25, 0.3) is 0 Å². The maximum absolute atomic E-state index is 13.0. The van der Waals surface area contributed by atoms with Gasteiger partial charge in [0.15, 0.2) is 0 Å². The van der Waals surface area contributed by atoms with Gasteiger partial charge in [0.05, 0.1) is 13.7 Å². The Balaban J connectivity index is 1.87. The van der Waals surface area contributed by atoms with Crippen LogP contribution in [0.4, 0.5) is 0 Å². The molecule has 2 unspecified atom stereocenters. The third-order valence-electron chi connectivity index (χ3n) is 5.77. The molecule has 5 nitrogen and oxygen atoms in total. The molecule has 1 spiro atoms. The fourth-order valence-electron chi connectivity index (χ4n) is 5.02. The van der Waals surface area contributed by atoms with Gasteiger partial charge in [0.25, 0.3) is 5.91 Å². The molecule has 1 amide bonds. The lowest BCUT2D eigenvalue weighted by atomic mass is 9.67. The summed E-state index contributed by atoms with van der Waals surface area (Å²) in [5, 5.41) is 0. The van der Waals surface area contributed by atoms with Crippen molar-refractivity contribution in [1.82, 2.24) is 4.90 Å². The molecule has 2 bridgehead atoms. The number of ether oxygens (including phenoxy) is 2. The molecule has 5 aliphatic rings. The molecule has 1 saturated carbocycles. The normalized spacial score (nSPS) is 44.7. The summed E-state index contributed by atoms with van der Waals surface area (Å²) in [7, 11) is 1.67. The zero-order valence-corrected chi connectivity index (χ0v) is 13.3. The van der Waals surface area contributed by atoms with E-state index in [0.29, 0.717) is 18.4 Å². The lowest BCUT2D eigenvalue weighted by Gasteiger charge is -2.55. The molecule has 2 saturated heterocycles.